The molecule has 1 aliphatic rings. The standard InChI is InChI=1S/C24H30N6O6/c1-14(2)24(20(33)34,29-22(35)36-11-15-6-4-3-5-7-15)12-23(9-8-16(23)10-31)30-13-26-17-18(30)27-21(25)28-19(17)32/h3-7,13-14,16,31H,8-12H2,1-2H3,(H,29,35)(H,33,34)(H3,25,27,28,32)/t16?,23-,24-/m1/s1. The zero-order valence-corrected chi connectivity index (χ0v) is 20.1. The van der Waals surface area contributed by atoms with Gasteiger partial charge in [0, 0.05) is 18.9 Å². The van der Waals surface area contributed by atoms with Gasteiger partial charge in [-0.15, -0.1) is 0 Å². The third kappa shape index (κ3) is 4.28. The molecule has 0 radical (unpaired) electrons. The van der Waals surface area contributed by atoms with Crippen molar-refractivity contribution in [3.63, 3.8) is 0 Å². The number of carbonyl (C=O) groups is 2. The lowest BCUT2D eigenvalue weighted by Crippen LogP contribution is -2.65. The molecular formula is C24H30N6O6. The van der Waals surface area contributed by atoms with Crippen LogP contribution in [-0.4, -0.2) is 53.9 Å². The van der Waals surface area contributed by atoms with E-state index in [1.165, 1.54) is 6.33 Å². The first kappa shape index (κ1) is 25.2. The Morgan fingerprint density at radius 2 is 2.08 bits per heavy atom. The molecule has 1 aliphatic carbocycles. The van der Waals surface area contributed by atoms with E-state index in [4.69, 9.17) is 10.5 Å². The summed E-state index contributed by atoms with van der Waals surface area (Å²) in [5.74, 6) is -2.28. The maximum Gasteiger partial charge on any atom is 0.408 e. The van der Waals surface area contributed by atoms with E-state index in [0.29, 0.717) is 12.8 Å². The molecule has 12 nitrogen and oxygen atoms in total. The summed E-state index contributed by atoms with van der Waals surface area (Å²) in [4.78, 5) is 48.8. The van der Waals surface area contributed by atoms with Gasteiger partial charge >= 0.3 is 12.1 Å². The van der Waals surface area contributed by atoms with Gasteiger partial charge < -0.3 is 30.6 Å². The number of aliphatic hydroxyl groups is 1. The van der Waals surface area contributed by atoms with Crippen molar-refractivity contribution in [3.05, 3.63) is 52.6 Å². The lowest BCUT2D eigenvalue weighted by atomic mass is 9.59. The maximum absolute atomic E-state index is 12.8. The van der Waals surface area contributed by atoms with Crippen LogP contribution < -0.4 is 16.6 Å². The number of hydrogen-bond donors (Lipinski definition) is 5. The van der Waals surface area contributed by atoms with Crippen molar-refractivity contribution in [1.29, 1.82) is 0 Å². The minimum absolute atomic E-state index is 0.0248. The Balaban J connectivity index is 1.72. The number of amides is 1. The molecule has 0 bridgehead atoms. The third-order valence-corrected chi connectivity index (χ3v) is 7.30. The van der Waals surface area contributed by atoms with Crippen LogP contribution in [0.15, 0.2) is 41.5 Å². The number of nitrogens with one attached hydrogen (secondary N) is 2. The molecule has 6 N–H and O–H groups in total. The number of fused-ring (bicyclic) bond motifs is 1. The normalized spacial score (nSPS) is 21.1. The fourth-order valence-corrected chi connectivity index (χ4v) is 5.02. The number of nitrogens with zero attached hydrogens (tertiary/aromatic N) is 3. The second-order valence-electron chi connectivity index (χ2n) is 9.55. The van der Waals surface area contributed by atoms with Crippen LogP contribution in [0, 0.1) is 11.8 Å². The molecule has 2 heterocycles. The second kappa shape index (κ2) is 9.61. The Bertz CT molecular complexity index is 1320. The van der Waals surface area contributed by atoms with Crippen molar-refractivity contribution in [2.75, 3.05) is 12.3 Å². The Morgan fingerprint density at radius 1 is 1.36 bits per heavy atom. The molecular weight excluding hydrogens is 468 g/mol. The molecule has 1 aromatic carbocycles. The Labute approximate surface area is 206 Å². The molecule has 0 spiro atoms. The number of carbonyl (C=O) groups excluding carboxylic acids is 1. The number of aromatic nitrogens is 4. The number of benzene rings is 1. The summed E-state index contributed by atoms with van der Waals surface area (Å²) in [6, 6.07) is 9.04. The fraction of sp³-hybridized carbons (Fsp3) is 0.458. The summed E-state index contributed by atoms with van der Waals surface area (Å²) < 4.78 is 6.96. The van der Waals surface area contributed by atoms with E-state index < -0.39 is 34.6 Å². The van der Waals surface area contributed by atoms with Crippen LogP contribution in [-0.2, 0) is 21.7 Å². The highest BCUT2D eigenvalue weighted by atomic mass is 16.5. The third-order valence-electron chi connectivity index (χ3n) is 7.30. The average Bonchev–Trinajstić information content (AvgIpc) is 3.24. The highest BCUT2D eigenvalue weighted by Gasteiger charge is 2.57. The van der Waals surface area contributed by atoms with Crippen LogP contribution in [0.1, 0.15) is 38.7 Å². The minimum atomic E-state index is -1.76. The summed E-state index contributed by atoms with van der Waals surface area (Å²) in [5.41, 5.74) is 3.48. The molecule has 3 aromatic rings. The van der Waals surface area contributed by atoms with Gasteiger partial charge in [0.05, 0.1) is 11.9 Å². The van der Waals surface area contributed by atoms with E-state index >= 15 is 0 Å². The van der Waals surface area contributed by atoms with Crippen LogP contribution in [0.25, 0.3) is 11.2 Å². The Hall–Kier alpha value is -3.93. The highest BCUT2D eigenvalue weighted by molar-refractivity contribution is 5.85. The Kier molecular flexibility index (Phi) is 6.72. The fourth-order valence-electron chi connectivity index (χ4n) is 5.02. The monoisotopic (exact) mass is 498 g/mol. The molecule has 0 saturated heterocycles. The second-order valence-corrected chi connectivity index (χ2v) is 9.55. The van der Waals surface area contributed by atoms with Gasteiger partial charge in [-0.05, 0) is 24.3 Å². The molecule has 192 valence electrons. The van der Waals surface area contributed by atoms with Crippen LogP contribution in [0.5, 0.6) is 0 Å². The lowest BCUT2D eigenvalue weighted by Gasteiger charge is -2.54. The molecule has 1 unspecified atom stereocenters. The number of H-pyrrole nitrogens is 1. The summed E-state index contributed by atoms with van der Waals surface area (Å²) in [5, 5.41) is 23.2. The van der Waals surface area contributed by atoms with Gasteiger partial charge in [-0.1, -0.05) is 44.2 Å². The molecule has 36 heavy (non-hydrogen) atoms. The Morgan fingerprint density at radius 3 is 2.67 bits per heavy atom. The topological polar surface area (TPSA) is 185 Å². The number of hydrogen-bond acceptors (Lipinski definition) is 8. The molecule has 1 saturated carbocycles. The predicted molar refractivity (Wildman–Crippen MR) is 130 cm³/mol. The van der Waals surface area contributed by atoms with Crippen LogP contribution in [0.4, 0.5) is 10.7 Å². The molecule has 12 heteroatoms. The molecule has 1 fully saturated rings. The van der Waals surface area contributed by atoms with Gasteiger partial charge in [0.2, 0.25) is 5.95 Å². The van der Waals surface area contributed by atoms with E-state index in [-0.39, 0.29) is 42.7 Å². The number of imidazole rings is 1. The molecule has 1 amide bonds. The largest absolute Gasteiger partial charge is 0.479 e. The van der Waals surface area contributed by atoms with Crippen molar-refractivity contribution >= 4 is 29.2 Å². The van der Waals surface area contributed by atoms with Gasteiger partial charge in [0.25, 0.3) is 5.56 Å². The number of nitrogens with two attached hydrogens (primary N) is 1. The van der Waals surface area contributed by atoms with Crippen molar-refractivity contribution in [3.8, 4) is 0 Å². The van der Waals surface area contributed by atoms with Crippen LogP contribution in [0.3, 0.4) is 0 Å². The van der Waals surface area contributed by atoms with Gasteiger partial charge in [-0.3, -0.25) is 9.78 Å². The SMILES string of the molecule is CC(C)[C@@](C[C@]1(n2cnc3c(=O)[nH]c(N)nc32)CCC1CO)(NC(=O)OCc1ccccc1)C(=O)O. The summed E-state index contributed by atoms with van der Waals surface area (Å²) >= 11 is 0. The first-order chi connectivity index (χ1) is 17.1. The average molecular weight is 499 g/mol. The number of aromatic amines is 1. The first-order valence-corrected chi connectivity index (χ1v) is 11.7. The number of aliphatic carboxylic acids is 1. The van der Waals surface area contributed by atoms with Gasteiger partial charge in [0.1, 0.15) is 12.1 Å². The zero-order valence-electron chi connectivity index (χ0n) is 20.1. The van der Waals surface area contributed by atoms with Crippen LogP contribution >= 0.6 is 0 Å². The van der Waals surface area contributed by atoms with Crippen molar-refractivity contribution < 1.29 is 24.5 Å². The number of nitrogen functional groups attached to an aromatic ring is 1. The zero-order chi connectivity index (χ0) is 26.1. The molecule has 4 rings (SSSR count). The van der Waals surface area contributed by atoms with Crippen molar-refractivity contribution in [1.82, 2.24) is 24.8 Å². The lowest BCUT2D eigenvalue weighted by molar-refractivity contribution is -0.151. The van der Waals surface area contributed by atoms with Crippen molar-refractivity contribution in [2.24, 2.45) is 11.8 Å². The van der Waals surface area contributed by atoms with Gasteiger partial charge in [0.15, 0.2) is 11.2 Å². The summed E-state index contributed by atoms with van der Waals surface area (Å²) in [6.07, 6.45) is 1.52. The van der Waals surface area contributed by atoms with E-state index in [9.17, 15) is 24.6 Å². The van der Waals surface area contributed by atoms with Gasteiger partial charge in [-0.25, -0.2) is 14.6 Å². The first-order valence-electron chi connectivity index (χ1n) is 11.7. The predicted octanol–water partition coefficient (Wildman–Crippen LogP) is 1.60. The molecule has 0 aliphatic heterocycles. The quantitative estimate of drug-likeness (QED) is 0.292. The van der Waals surface area contributed by atoms with E-state index in [2.05, 4.69) is 20.3 Å². The molecule has 2 aromatic heterocycles. The van der Waals surface area contributed by atoms with Crippen molar-refractivity contribution in [2.45, 2.75) is 50.8 Å². The number of alkyl carbamates (subject to hydrolysis) is 1. The molecule has 3 atom stereocenters. The minimum Gasteiger partial charge on any atom is -0.479 e. The smallest absolute Gasteiger partial charge is 0.408 e. The number of ether oxygens (including phenoxy) is 1. The number of anilines is 1. The van der Waals surface area contributed by atoms with E-state index in [0.717, 1.165) is 5.56 Å². The van der Waals surface area contributed by atoms with Crippen LogP contribution in [0.2, 0.25) is 0 Å². The van der Waals surface area contributed by atoms with Gasteiger partial charge in [-0.2, -0.15) is 4.98 Å². The number of aliphatic hydroxyl groups excluding tert-OH is 1. The maximum atomic E-state index is 12.8. The van der Waals surface area contributed by atoms with E-state index in [1.807, 2.05) is 18.2 Å². The highest BCUT2D eigenvalue weighted by Crippen LogP contribution is 2.51. The summed E-state index contributed by atoms with van der Waals surface area (Å²) in [6.45, 7) is 3.13. The summed E-state index contributed by atoms with van der Waals surface area (Å²) in [7, 11) is 0. The van der Waals surface area contributed by atoms with E-state index in [1.54, 1.807) is 30.5 Å². The number of rotatable bonds is 9. The number of carboxylic acid groups (broad SMARTS) is 1. The number of carboxylic acids is 1.